The van der Waals surface area contributed by atoms with Crippen LogP contribution in [0.25, 0.3) is 0 Å². The van der Waals surface area contributed by atoms with Gasteiger partial charge in [0, 0.05) is 19.6 Å². The second kappa shape index (κ2) is 3.92. The smallest absolute Gasteiger partial charge is 0.0927 e. The van der Waals surface area contributed by atoms with E-state index >= 15 is 0 Å². The average molecular weight is 184 g/mol. The summed E-state index contributed by atoms with van der Waals surface area (Å²) in [5.41, 5.74) is 6.58. The summed E-state index contributed by atoms with van der Waals surface area (Å²) in [6.45, 7) is 8.21. The van der Waals surface area contributed by atoms with Crippen molar-refractivity contribution in [2.75, 3.05) is 32.7 Å². The Morgan fingerprint density at radius 1 is 1.23 bits per heavy atom. The number of hydrazine groups is 1. The van der Waals surface area contributed by atoms with Crippen LogP contribution in [0.5, 0.6) is 0 Å². The fourth-order valence-electron chi connectivity index (χ4n) is 1.74. The Kier molecular flexibility index (Phi) is 2.83. The van der Waals surface area contributed by atoms with Crippen molar-refractivity contribution in [2.24, 2.45) is 0 Å². The monoisotopic (exact) mass is 184 g/mol. The summed E-state index contributed by atoms with van der Waals surface area (Å²) >= 11 is 0. The van der Waals surface area contributed by atoms with Gasteiger partial charge in [-0.25, -0.2) is 10.9 Å². The fourth-order valence-corrected chi connectivity index (χ4v) is 1.74. The van der Waals surface area contributed by atoms with Gasteiger partial charge in [0.25, 0.3) is 0 Å². The zero-order valence-electron chi connectivity index (χ0n) is 8.40. The van der Waals surface area contributed by atoms with E-state index in [1.165, 1.54) is 39.0 Å². The first-order valence-electron chi connectivity index (χ1n) is 5.26. The van der Waals surface area contributed by atoms with E-state index in [-0.39, 0.29) is 5.66 Å². The predicted octanol–water partition coefficient (Wildman–Crippen LogP) is -0.504. The molecule has 4 nitrogen and oxygen atoms in total. The van der Waals surface area contributed by atoms with Crippen LogP contribution >= 0.6 is 0 Å². The Morgan fingerprint density at radius 2 is 2.08 bits per heavy atom. The molecular formula is C9H20N4. The van der Waals surface area contributed by atoms with Crippen LogP contribution in [0.2, 0.25) is 0 Å². The molecule has 0 aromatic rings. The summed E-state index contributed by atoms with van der Waals surface area (Å²) in [7, 11) is 0. The first kappa shape index (κ1) is 9.40. The molecule has 0 aromatic carbocycles. The Morgan fingerprint density at radius 3 is 2.85 bits per heavy atom. The molecule has 0 radical (unpaired) electrons. The van der Waals surface area contributed by atoms with Gasteiger partial charge >= 0.3 is 0 Å². The minimum atomic E-state index is 0.236. The zero-order valence-corrected chi connectivity index (χ0v) is 8.40. The molecule has 0 saturated carbocycles. The van der Waals surface area contributed by atoms with Crippen molar-refractivity contribution in [3.05, 3.63) is 0 Å². The van der Waals surface area contributed by atoms with Crippen molar-refractivity contribution in [2.45, 2.75) is 25.4 Å². The Balaban J connectivity index is 1.67. The normalized spacial score (nSPS) is 28.4. The third kappa shape index (κ3) is 2.91. The first-order valence-corrected chi connectivity index (χ1v) is 5.26. The summed E-state index contributed by atoms with van der Waals surface area (Å²) < 4.78 is 0. The second-order valence-electron chi connectivity index (χ2n) is 4.28. The molecular weight excluding hydrogens is 164 g/mol. The van der Waals surface area contributed by atoms with Crippen LogP contribution in [-0.4, -0.2) is 43.3 Å². The minimum absolute atomic E-state index is 0.236. The maximum Gasteiger partial charge on any atom is 0.0927 e. The van der Waals surface area contributed by atoms with Gasteiger partial charge in [0.15, 0.2) is 0 Å². The van der Waals surface area contributed by atoms with E-state index < -0.39 is 0 Å². The number of hydrogen-bond donors (Lipinski definition) is 3. The van der Waals surface area contributed by atoms with Gasteiger partial charge in [-0.1, -0.05) is 0 Å². The lowest BCUT2D eigenvalue weighted by atomic mass is 10.2. The summed E-state index contributed by atoms with van der Waals surface area (Å²) in [5.74, 6) is 0. The van der Waals surface area contributed by atoms with Gasteiger partial charge in [-0.05, 0) is 32.9 Å². The van der Waals surface area contributed by atoms with E-state index in [1.54, 1.807) is 0 Å². The minimum Gasteiger partial charge on any atom is -0.315 e. The molecule has 0 amide bonds. The Labute approximate surface area is 80.0 Å². The lowest BCUT2D eigenvalue weighted by Gasteiger charge is -2.20. The molecule has 2 saturated heterocycles. The van der Waals surface area contributed by atoms with E-state index in [4.69, 9.17) is 0 Å². The van der Waals surface area contributed by atoms with E-state index in [9.17, 15) is 0 Å². The molecule has 0 bridgehead atoms. The van der Waals surface area contributed by atoms with Crippen LogP contribution in [0.4, 0.5) is 0 Å². The molecule has 0 atom stereocenters. The largest absolute Gasteiger partial charge is 0.315 e. The Bertz CT molecular complexity index is 159. The van der Waals surface area contributed by atoms with Crippen molar-refractivity contribution in [3.8, 4) is 0 Å². The molecule has 0 spiro atoms. The summed E-state index contributed by atoms with van der Waals surface area (Å²) in [4.78, 5) is 2.55. The second-order valence-corrected chi connectivity index (χ2v) is 4.28. The highest BCUT2D eigenvalue weighted by atomic mass is 15.7. The van der Waals surface area contributed by atoms with Crippen molar-refractivity contribution < 1.29 is 0 Å². The molecule has 3 N–H and O–H groups in total. The molecule has 0 aliphatic carbocycles. The van der Waals surface area contributed by atoms with Crippen LogP contribution in [0.3, 0.4) is 0 Å². The number of nitrogens with one attached hydrogen (secondary N) is 3. The van der Waals surface area contributed by atoms with Gasteiger partial charge in [-0.3, -0.25) is 0 Å². The molecule has 0 aromatic heterocycles. The standard InChI is InChI=1S/C9H20N4/c1-9(11-12-9)3-7-13-6-2-4-10-5-8-13/h10-12H,2-8H2,1H3. The quantitative estimate of drug-likeness (QED) is 0.517. The van der Waals surface area contributed by atoms with Gasteiger partial charge in [-0.2, -0.15) is 0 Å². The summed E-state index contributed by atoms with van der Waals surface area (Å²) in [6.07, 6.45) is 2.49. The van der Waals surface area contributed by atoms with Gasteiger partial charge in [0.1, 0.15) is 0 Å². The SMILES string of the molecule is CC1(CCN2CCCNCC2)NN1. The average Bonchev–Trinajstić information content (AvgIpc) is 2.87. The number of rotatable bonds is 3. The lowest BCUT2D eigenvalue weighted by molar-refractivity contribution is 0.276. The van der Waals surface area contributed by atoms with Crippen molar-refractivity contribution in [3.63, 3.8) is 0 Å². The van der Waals surface area contributed by atoms with Gasteiger partial charge in [0.2, 0.25) is 0 Å². The molecule has 4 heteroatoms. The van der Waals surface area contributed by atoms with E-state index in [0.29, 0.717) is 0 Å². The van der Waals surface area contributed by atoms with Crippen molar-refractivity contribution in [1.29, 1.82) is 0 Å². The van der Waals surface area contributed by atoms with Gasteiger partial charge in [0.05, 0.1) is 5.66 Å². The van der Waals surface area contributed by atoms with Crippen LogP contribution in [-0.2, 0) is 0 Å². The van der Waals surface area contributed by atoms with E-state index in [1.807, 2.05) is 0 Å². The van der Waals surface area contributed by atoms with E-state index in [2.05, 4.69) is 28.0 Å². The fraction of sp³-hybridized carbons (Fsp3) is 1.00. The van der Waals surface area contributed by atoms with Crippen molar-refractivity contribution in [1.82, 2.24) is 21.1 Å². The molecule has 2 aliphatic heterocycles. The lowest BCUT2D eigenvalue weighted by Crippen LogP contribution is -2.32. The zero-order chi connectivity index (χ0) is 9.15. The highest BCUT2D eigenvalue weighted by Gasteiger charge is 2.35. The van der Waals surface area contributed by atoms with Crippen molar-refractivity contribution >= 4 is 0 Å². The molecule has 2 fully saturated rings. The number of hydrogen-bond acceptors (Lipinski definition) is 4. The number of nitrogens with zero attached hydrogens (tertiary/aromatic N) is 1. The molecule has 13 heavy (non-hydrogen) atoms. The van der Waals surface area contributed by atoms with Crippen LogP contribution in [0, 0.1) is 0 Å². The third-order valence-electron chi connectivity index (χ3n) is 2.91. The summed E-state index contributed by atoms with van der Waals surface area (Å²) in [6, 6.07) is 0. The summed E-state index contributed by atoms with van der Waals surface area (Å²) in [5, 5.41) is 3.42. The topological polar surface area (TPSA) is 59.2 Å². The molecule has 2 heterocycles. The maximum absolute atomic E-state index is 3.42. The van der Waals surface area contributed by atoms with Crippen LogP contribution in [0.15, 0.2) is 0 Å². The molecule has 0 unspecified atom stereocenters. The molecule has 2 aliphatic rings. The molecule has 2 rings (SSSR count). The highest BCUT2D eigenvalue weighted by molar-refractivity contribution is 4.89. The van der Waals surface area contributed by atoms with E-state index in [0.717, 1.165) is 6.54 Å². The highest BCUT2D eigenvalue weighted by Crippen LogP contribution is 2.14. The van der Waals surface area contributed by atoms with Gasteiger partial charge < -0.3 is 10.2 Å². The first-order chi connectivity index (χ1) is 6.29. The maximum atomic E-state index is 3.42. The third-order valence-corrected chi connectivity index (χ3v) is 2.91. The van der Waals surface area contributed by atoms with Gasteiger partial charge in [-0.15, -0.1) is 0 Å². The predicted molar refractivity (Wildman–Crippen MR) is 53.2 cm³/mol. The van der Waals surface area contributed by atoms with Crippen LogP contribution in [0.1, 0.15) is 19.8 Å². The Hall–Kier alpha value is -0.160. The van der Waals surface area contributed by atoms with Crippen LogP contribution < -0.4 is 16.2 Å². The molecule has 76 valence electrons.